The minimum atomic E-state index is -0.495. The molecule has 1 rings (SSSR count). The molecule has 5 nitrogen and oxygen atoms in total. The molecule has 0 heterocycles. The minimum absolute atomic E-state index is 0.0851. The van der Waals surface area contributed by atoms with Crippen molar-refractivity contribution >= 4 is 5.69 Å². The Kier molecular flexibility index (Phi) is 6.81. The lowest BCUT2D eigenvalue weighted by Crippen LogP contribution is -2.14. The Morgan fingerprint density at radius 3 is 2.89 bits per heavy atom. The molecule has 0 unspecified atom stereocenters. The molecule has 0 atom stereocenters. The highest BCUT2D eigenvalue weighted by atomic mass is 19.1. The number of benzene rings is 1. The number of halogens is 1. The van der Waals surface area contributed by atoms with Crippen LogP contribution in [0.3, 0.4) is 0 Å². The SMILES string of the molecule is CCCNCc1ccc([N+](=O)[O-])c(OCCCF)c1. The van der Waals surface area contributed by atoms with E-state index in [1.165, 1.54) is 6.07 Å². The number of hydrogen-bond donors (Lipinski definition) is 1. The van der Waals surface area contributed by atoms with Gasteiger partial charge in [0.25, 0.3) is 0 Å². The Labute approximate surface area is 111 Å². The third kappa shape index (κ3) is 5.21. The van der Waals surface area contributed by atoms with E-state index in [9.17, 15) is 14.5 Å². The van der Waals surface area contributed by atoms with Gasteiger partial charge in [0.2, 0.25) is 0 Å². The van der Waals surface area contributed by atoms with Gasteiger partial charge in [-0.3, -0.25) is 14.5 Å². The first-order valence-corrected chi connectivity index (χ1v) is 6.35. The molecular weight excluding hydrogens is 251 g/mol. The molecule has 0 fully saturated rings. The summed E-state index contributed by atoms with van der Waals surface area (Å²) >= 11 is 0. The van der Waals surface area contributed by atoms with Gasteiger partial charge < -0.3 is 10.1 Å². The molecule has 106 valence electrons. The third-order valence-corrected chi connectivity index (χ3v) is 2.51. The molecule has 0 saturated carbocycles. The second-order valence-corrected chi connectivity index (χ2v) is 4.13. The maximum atomic E-state index is 12.0. The highest BCUT2D eigenvalue weighted by Crippen LogP contribution is 2.28. The first-order valence-electron chi connectivity index (χ1n) is 6.35. The van der Waals surface area contributed by atoms with Crippen LogP contribution in [-0.4, -0.2) is 24.7 Å². The normalized spacial score (nSPS) is 10.4. The van der Waals surface area contributed by atoms with Crippen LogP contribution in [0.1, 0.15) is 25.3 Å². The number of rotatable bonds is 9. The molecule has 0 amide bonds. The van der Waals surface area contributed by atoms with E-state index in [0.717, 1.165) is 18.5 Å². The van der Waals surface area contributed by atoms with E-state index in [2.05, 4.69) is 12.2 Å². The van der Waals surface area contributed by atoms with Crippen molar-refractivity contribution in [2.24, 2.45) is 0 Å². The smallest absolute Gasteiger partial charge is 0.310 e. The minimum Gasteiger partial charge on any atom is -0.487 e. The van der Waals surface area contributed by atoms with Crippen molar-refractivity contribution in [1.29, 1.82) is 0 Å². The summed E-state index contributed by atoms with van der Waals surface area (Å²) in [6, 6.07) is 4.76. The van der Waals surface area contributed by atoms with Crippen molar-refractivity contribution in [2.75, 3.05) is 19.8 Å². The highest BCUT2D eigenvalue weighted by molar-refractivity contribution is 5.48. The number of ether oxygens (including phenoxy) is 1. The lowest BCUT2D eigenvalue weighted by Gasteiger charge is -2.08. The van der Waals surface area contributed by atoms with E-state index < -0.39 is 11.6 Å². The van der Waals surface area contributed by atoms with Gasteiger partial charge in [-0.05, 0) is 24.6 Å². The van der Waals surface area contributed by atoms with Gasteiger partial charge in [-0.1, -0.05) is 13.0 Å². The molecule has 0 radical (unpaired) electrons. The molecule has 0 spiro atoms. The maximum absolute atomic E-state index is 12.0. The fourth-order valence-corrected chi connectivity index (χ4v) is 1.58. The van der Waals surface area contributed by atoms with E-state index in [1.54, 1.807) is 12.1 Å². The molecule has 6 heteroatoms. The largest absolute Gasteiger partial charge is 0.487 e. The molecule has 0 aliphatic heterocycles. The molecular formula is C13H19FN2O3. The van der Waals surface area contributed by atoms with Crippen LogP contribution in [0, 0.1) is 10.1 Å². The molecule has 0 saturated heterocycles. The quantitative estimate of drug-likeness (QED) is 0.426. The van der Waals surface area contributed by atoms with Gasteiger partial charge >= 0.3 is 5.69 Å². The lowest BCUT2D eigenvalue weighted by molar-refractivity contribution is -0.385. The third-order valence-electron chi connectivity index (χ3n) is 2.51. The van der Waals surface area contributed by atoms with Crippen molar-refractivity contribution in [2.45, 2.75) is 26.3 Å². The second kappa shape index (κ2) is 8.42. The summed E-state index contributed by atoms with van der Waals surface area (Å²) in [6.45, 7) is 3.23. The first-order chi connectivity index (χ1) is 9.19. The number of nitro benzene ring substituents is 1. The summed E-state index contributed by atoms with van der Waals surface area (Å²) in [4.78, 5) is 10.4. The Morgan fingerprint density at radius 2 is 2.26 bits per heavy atom. The van der Waals surface area contributed by atoms with Crippen molar-refractivity contribution in [3.63, 3.8) is 0 Å². The Hall–Kier alpha value is -1.69. The van der Waals surface area contributed by atoms with Crippen LogP contribution >= 0.6 is 0 Å². The van der Waals surface area contributed by atoms with Crippen LogP contribution in [0.25, 0.3) is 0 Å². The summed E-state index contributed by atoms with van der Waals surface area (Å²) < 4.78 is 17.3. The van der Waals surface area contributed by atoms with Gasteiger partial charge in [0, 0.05) is 19.0 Å². The summed E-state index contributed by atoms with van der Waals surface area (Å²) in [5.74, 6) is 0.203. The standard InChI is InChI=1S/C13H19FN2O3/c1-2-7-15-10-11-4-5-12(16(17)18)13(9-11)19-8-3-6-14/h4-5,9,15H,2-3,6-8,10H2,1H3. The molecule has 0 bridgehead atoms. The zero-order valence-electron chi connectivity index (χ0n) is 11.0. The molecule has 1 aromatic carbocycles. The average Bonchev–Trinajstić information content (AvgIpc) is 2.39. The number of nitrogens with one attached hydrogen (secondary N) is 1. The molecule has 1 aromatic rings. The van der Waals surface area contributed by atoms with Crippen LogP contribution in [0.15, 0.2) is 18.2 Å². The van der Waals surface area contributed by atoms with Crippen LogP contribution in [0.4, 0.5) is 10.1 Å². The summed E-state index contributed by atoms with van der Waals surface area (Å²) in [5, 5.41) is 14.1. The van der Waals surface area contributed by atoms with Gasteiger partial charge in [-0.25, -0.2) is 0 Å². The Balaban J connectivity index is 2.75. The Morgan fingerprint density at radius 1 is 1.47 bits per heavy atom. The van der Waals surface area contributed by atoms with E-state index in [1.807, 2.05) is 0 Å². The summed E-state index contributed by atoms with van der Waals surface area (Å²) in [5.41, 5.74) is 0.826. The van der Waals surface area contributed by atoms with E-state index in [0.29, 0.717) is 6.54 Å². The summed E-state index contributed by atoms with van der Waals surface area (Å²) in [7, 11) is 0. The Bertz CT molecular complexity index is 413. The van der Waals surface area contributed by atoms with E-state index >= 15 is 0 Å². The molecule has 0 aliphatic carbocycles. The van der Waals surface area contributed by atoms with Crippen LogP contribution in [0.2, 0.25) is 0 Å². The number of nitro groups is 1. The van der Waals surface area contributed by atoms with Crippen LogP contribution < -0.4 is 10.1 Å². The molecule has 0 aromatic heterocycles. The van der Waals surface area contributed by atoms with Gasteiger partial charge in [0.15, 0.2) is 5.75 Å². The highest BCUT2D eigenvalue weighted by Gasteiger charge is 2.15. The fourth-order valence-electron chi connectivity index (χ4n) is 1.58. The number of nitrogens with zero attached hydrogens (tertiary/aromatic N) is 1. The van der Waals surface area contributed by atoms with Crippen molar-refractivity contribution in [3.05, 3.63) is 33.9 Å². The van der Waals surface area contributed by atoms with Gasteiger partial charge in [0.05, 0.1) is 18.2 Å². The zero-order chi connectivity index (χ0) is 14.1. The molecule has 1 N–H and O–H groups in total. The molecule has 0 aliphatic rings. The van der Waals surface area contributed by atoms with Gasteiger partial charge in [-0.2, -0.15) is 0 Å². The predicted octanol–water partition coefficient (Wildman–Crippen LogP) is 2.83. The number of alkyl halides is 1. The van der Waals surface area contributed by atoms with Gasteiger partial charge in [0.1, 0.15) is 0 Å². The van der Waals surface area contributed by atoms with Crippen molar-refractivity contribution in [3.8, 4) is 5.75 Å². The van der Waals surface area contributed by atoms with Crippen LogP contribution in [-0.2, 0) is 6.54 Å². The monoisotopic (exact) mass is 270 g/mol. The maximum Gasteiger partial charge on any atom is 0.310 e. The predicted molar refractivity (Wildman–Crippen MR) is 71.2 cm³/mol. The summed E-state index contributed by atoms with van der Waals surface area (Å²) in [6.07, 6.45) is 1.25. The average molecular weight is 270 g/mol. The van der Waals surface area contributed by atoms with Crippen LogP contribution in [0.5, 0.6) is 5.75 Å². The molecule has 19 heavy (non-hydrogen) atoms. The van der Waals surface area contributed by atoms with E-state index in [-0.39, 0.29) is 24.5 Å². The van der Waals surface area contributed by atoms with E-state index in [4.69, 9.17) is 4.74 Å². The fraction of sp³-hybridized carbons (Fsp3) is 0.538. The zero-order valence-corrected chi connectivity index (χ0v) is 11.0. The topological polar surface area (TPSA) is 64.4 Å². The number of hydrogen-bond acceptors (Lipinski definition) is 4. The first kappa shape index (κ1) is 15.4. The van der Waals surface area contributed by atoms with Crippen molar-refractivity contribution < 1.29 is 14.1 Å². The van der Waals surface area contributed by atoms with Crippen molar-refractivity contribution in [1.82, 2.24) is 5.32 Å². The lowest BCUT2D eigenvalue weighted by atomic mass is 10.2. The van der Waals surface area contributed by atoms with Gasteiger partial charge in [-0.15, -0.1) is 0 Å². The second-order valence-electron chi connectivity index (χ2n) is 4.13.